The van der Waals surface area contributed by atoms with Crippen molar-refractivity contribution >= 4 is 16.9 Å². The van der Waals surface area contributed by atoms with Crippen LogP contribution in [-0.4, -0.2) is 31.6 Å². The van der Waals surface area contributed by atoms with Crippen molar-refractivity contribution in [1.29, 1.82) is 0 Å². The van der Waals surface area contributed by atoms with E-state index in [0.717, 1.165) is 16.7 Å². The summed E-state index contributed by atoms with van der Waals surface area (Å²) in [5, 5.41) is 0.474. The summed E-state index contributed by atoms with van der Waals surface area (Å²) < 4.78 is 16.9. The van der Waals surface area contributed by atoms with E-state index in [4.69, 9.17) is 13.9 Å². The van der Waals surface area contributed by atoms with Crippen molar-refractivity contribution in [2.24, 2.45) is 0 Å². The molecule has 6 heteroatoms. The SMILES string of the molecule is COc1ccc(C2c3c(oc4ccc(C)cc4c3=O)C(=O)N2CCc2ccccc2)cc1OC. The second-order valence-corrected chi connectivity index (χ2v) is 8.42. The first-order valence-electron chi connectivity index (χ1n) is 11.2. The van der Waals surface area contributed by atoms with E-state index in [1.54, 1.807) is 31.3 Å². The molecule has 2 heterocycles. The summed E-state index contributed by atoms with van der Waals surface area (Å²) in [6, 6.07) is 20.3. The van der Waals surface area contributed by atoms with Gasteiger partial charge in [-0.3, -0.25) is 9.59 Å². The predicted octanol–water partition coefficient (Wildman–Crippen LogP) is 4.91. The minimum Gasteiger partial charge on any atom is -0.493 e. The lowest BCUT2D eigenvalue weighted by atomic mass is 9.97. The second kappa shape index (κ2) is 8.71. The molecule has 0 saturated carbocycles. The average Bonchev–Trinajstić information content (AvgIpc) is 3.15. The third-order valence-corrected chi connectivity index (χ3v) is 6.33. The van der Waals surface area contributed by atoms with Gasteiger partial charge in [0.15, 0.2) is 16.9 Å². The smallest absolute Gasteiger partial charge is 0.290 e. The van der Waals surface area contributed by atoms with Crippen molar-refractivity contribution in [3.05, 3.63) is 105 Å². The van der Waals surface area contributed by atoms with Crippen molar-refractivity contribution in [2.75, 3.05) is 20.8 Å². The molecule has 0 saturated heterocycles. The Kier molecular flexibility index (Phi) is 5.57. The molecule has 1 aromatic heterocycles. The molecule has 1 atom stereocenters. The lowest BCUT2D eigenvalue weighted by molar-refractivity contribution is 0.0730. The largest absolute Gasteiger partial charge is 0.493 e. The van der Waals surface area contributed by atoms with Gasteiger partial charge in [-0.15, -0.1) is 0 Å². The van der Waals surface area contributed by atoms with Gasteiger partial charge in [-0.05, 0) is 48.7 Å². The second-order valence-electron chi connectivity index (χ2n) is 8.42. The third-order valence-electron chi connectivity index (χ3n) is 6.33. The Morgan fingerprint density at radius 1 is 0.912 bits per heavy atom. The summed E-state index contributed by atoms with van der Waals surface area (Å²) >= 11 is 0. The van der Waals surface area contributed by atoms with Crippen LogP contribution in [-0.2, 0) is 6.42 Å². The summed E-state index contributed by atoms with van der Waals surface area (Å²) in [4.78, 5) is 29.0. The number of benzene rings is 3. The first kappa shape index (κ1) is 21.8. The molecular weight excluding hydrogens is 430 g/mol. The molecule has 6 nitrogen and oxygen atoms in total. The van der Waals surface area contributed by atoms with Crippen LogP contribution in [0.1, 0.15) is 38.9 Å². The van der Waals surface area contributed by atoms with Crippen LogP contribution in [0.3, 0.4) is 0 Å². The fourth-order valence-electron chi connectivity index (χ4n) is 4.63. The molecule has 5 rings (SSSR count). The zero-order chi connectivity index (χ0) is 23.8. The highest BCUT2D eigenvalue weighted by molar-refractivity contribution is 5.99. The van der Waals surface area contributed by atoms with Crippen molar-refractivity contribution in [1.82, 2.24) is 4.90 Å². The number of rotatable bonds is 6. The van der Waals surface area contributed by atoms with Crippen molar-refractivity contribution in [2.45, 2.75) is 19.4 Å². The van der Waals surface area contributed by atoms with Gasteiger partial charge in [0.05, 0.1) is 31.2 Å². The third kappa shape index (κ3) is 3.61. The number of hydrogen-bond acceptors (Lipinski definition) is 5. The standard InChI is InChI=1S/C28H25NO5/c1-17-9-11-21-20(15-17)26(30)24-25(19-10-12-22(32-2)23(16-19)33-3)29(28(31)27(24)34-21)14-13-18-7-5-4-6-8-18/h4-12,15-16,25H,13-14H2,1-3H3. The Balaban J connectivity index is 1.67. The van der Waals surface area contributed by atoms with Gasteiger partial charge in [-0.2, -0.15) is 0 Å². The van der Waals surface area contributed by atoms with Crippen LogP contribution in [0.15, 0.2) is 75.9 Å². The molecule has 172 valence electrons. The minimum atomic E-state index is -0.591. The quantitative estimate of drug-likeness (QED) is 0.413. The van der Waals surface area contributed by atoms with Gasteiger partial charge in [0, 0.05) is 6.54 Å². The maximum Gasteiger partial charge on any atom is 0.290 e. The number of carbonyl (C=O) groups excluding carboxylic acids is 1. The van der Waals surface area contributed by atoms with Crippen LogP contribution >= 0.6 is 0 Å². The molecular formula is C28H25NO5. The van der Waals surface area contributed by atoms with Gasteiger partial charge in [-0.1, -0.05) is 48.0 Å². The molecule has 0 spiro atoms. The first-order chi connectivity index (χ1) is 16.5. The summed E-state index contributed by atoms with van der Waals surface area (Å²) in [6.45, 7) is 2.36. The number of fused-ring (bicyclic) bond motifs is 2. The molecule has 0 bridgehead atoms. The molecule has 0 N–H and O–H groups in total. The molecule has 1 amide bonds. The highest BCUT2D eigenvalue weighted by Crippen LogP contribution is 2.41. The van der Waals surface area contributed by atoms with Gasteiger partial charge in [0.2, 0.25) is 5.76 Å². The molecule has 4 aromatic rings. The molecule has 1 unspecified atom stereocenters. The van der Waals surface area contributed by atoms with E-state index >= 15 is 0 Å². The molecule has 34 heavy (non-hydrogen) atoms. The Morgan fingerprint density at radius 3 is 2.41 bits per heavy atom. The number of ether oxygens (including phenoxy) is 2. The lowest BCUT2D eigenvalue weighted by Crippen LogP contribution is -2.31. The summed E-state index contributed by atoms with van der Waals surface area (Å²) in [5.41, 5.74) is 3.42. The van der Waals surface area contributed by atoms with Crippen molar-refractivity contribution in [3.8, 4) is 11.5 Å². The van der Waals surface area contributed by atoms with E-state index in [1.807, 2.05) is 61.5 Å². The first-order valence-corrected chi connectivity index (χ1v) is 11.2. The number of methoxy groups -OCH3 is 2. The van der Waals surface area contributed by atoms with Gasteiger partial charge in [0.1, 0.15) is 5.58 Å². The Morgan fingerprint density at radius 2 is 1.68 bits per heavy atom. The number of nitrogens with zero attached hydrogens (tertiary/aromatic N) is 1. The maximum absolute atomic E-state index is 13.7. The van der Waals surface area contributed by atoms with E-state index in [9.17, 15) is 9.59 Å². The van der Waals surface area contributed by atoms with Crippen LogP contribution in [0.2, 0.25) is 0 Å². The summed E-state index contributed by atoms with van der Waals surface area (Å²) in [7, 11) is 3.13. The molecule has 3 aromatic carbocycles. The number of aryl methyl sites for hydroxylation is 1. The Hall–Kier alpha value is -4.06. The van der Waals surface area contributed by atoms with Gasteiger partial charge in [-0.25, -0.2) is 0 Å². The number of hydrogen-bond donors (Lipinski definition) is 0. The average molecular weight is 456 g/mol. The van der Waals surface area contributed by atoms with Gasteiger partial charge < -0.3 is 18.8 Å². The van der Waals surface area contributed by atoms with E-state index < -0.39 is 6.04 Å². The van der Waals surface area contributed by atoms with E-state index in [2.05, 4.69) is 0 Å². The van der Waals surface area contributed by atoms with E-state index in [0.29, 0.717) is 41.0 Å². The normalized spacial score (nSPS) is 15.0. The highest BCUT2D eigenvalue weighted by Gasteiger charge is 2.42. The zero-order valence-corrected chi connectivity index (χ0v) is 19.3. The van der Waals surface area contributed by atoms with Crippen molar-refractivity contribution in [3.63, 3.8) is 0 Å². The van der Waals surface area contributed by atoms with E-state index in [1.165, 1.54) is 0 Å². The zero-order valence-electron chi connectivity index (χ0n) is 19.3. The predicted molar refractivity (Wildman–Crippen MR) is 130 cm³/mol. The number of carbonyl (C=O) groups is 1. The molecule has 1 aliphatic heterocycles. The molecule has 0 fully saturated rings. The fraction of sp³-hybridized carbons (Fsp3) is 0.214. The topological polar surface area (TPSA) is 69.0 Å². The summed E-state index contributed by atoms with van der Waals surface area (Å²) in [6.07, 6.45) is 0.650. The van der Waals surface area contributed by atoms with Crippen LogP contribution in [0.25, 0.3) is 11.0 Å². The van der Waals surface area contributed by atoms with Gasteiger partial charge >= 0.3 is 0 Å². The number of amides is 1. The monoisotopic (exact) mass is 455 g/mol. The van der Waals surface area contributed by atoms with Crippen LogP contribution in [0, 0.1) is 6.92 Å². The molecule has 1 aliphatic rings. The fourth-order valence-corrected chi connectivity index (χ4v) is 4.63. The molecule has 0 aliphatic carbocycles. The van der Waals surface area contributed by atoms with Crippen LogP contribution in [0.4, 0.5) is 0 Å². The summed E-state index contributed by atoms with van der Waals surface area (Å²) in [5.74, 6) is 0.928. The highest BCUT2D eigenvalue weighted by atomic mass is 16.5. The van der Waals surface area contributed by atoms with Gasteiger partial charge in [0.25, 0.3) is 5.91 Å². The lowest BCUT2D eigenvalue weighted by Gasteiger charge is -2.25. The van der Waals surface area contributed by atoms with E-state index in [-0.39, 0.29) is 17.1 Å². The van der Waals surface area contributed by atoms with Crippen LogP contribution < -0.4 is 14.9 Å². The maximum atomic E-state index is 13.7. The minimum absolute atomic E-state index is 0.106. The molecule has 0 radical (unpaired) electrons. The van der Waals surface area contributed by atoms with Crippen molar-refractivity contribution < 1.29 is 18.7 Å². The Labute approximate surface area is 197 Å². The van der Waals surface area contributed by atoms with Crippen LogP contribution in [0.5, 0.6) is 11.5 Å². The Bertz CT molecular complexity index is 1440.